The summed E-state index contributed by atoms with van der Waals surface area (Å²) in [6.07, 6.45) is 1.45. The second kappa shape index (κ2) is 12.7. The van der Waals surface area contributed by atoms with Crippen molar-refractivity contribution in [2.24, 2.45) is 0 Å². The van der Waals surface area contributed by atoms with Crippen LogP contribution in [0, 0.1) is 0 Å². The maximum Gasteiger partial charge on any atom is 0.275 e. The highest BCUT2D eigenvalue weighted by Gasteiger charge is 2.19. The van der Waals surface area contributed by atoms with Crippen LogP contribution in [0.4, 0.5) is 0 Å². The summed E-state index contributed by atoms with van der Waals surface area (Å²) < 4.78 is 11.8. The lowest BCUT2D eigenvalue weighted by molar-refractivity contribution is 0.0779. The van der Waals surface area contributed by atoms with Crippen LogP contribution in [-0.4, -0.2) is 27.7 Å². The molecule has 1 aromatic heterocycles. The number of carbonyl (C=O) groups excluding carboxylic acids is 1. The fourth-order valence-corrected chi connectivity index (χ4v) is 4.40. The summed E-state index contributed by atoms with van der Waals surface area (Å²) in [5, 5.41) is 0. The summed E-state index contributed by atoms with van der Waals surface area (Å²) in [7, 11) is 1.77. The highest BCUT2D eigenvalue weighted by Crippen LogP contribution is 2.23. The van der Waals surface area contributed by atoms with Gasteiger partial charge in [-0.2, -0.15) is 0 Å². The van der Waals surface area contributed by atoms with E-state index in [9.17, 15) is 4.79 Å². The molecule has 0 N–H and O–H groups in total. The van der Waals surface area contributed by atoms with E-state index in [2.05, 4.69) is 28.1 Å². The standard InChI is InChI=1S/C33H31N3O3/c1-35(21-26-12-5-2-6-13-26)33(37)31-25-38-32(34-31)24-36(22-27-14-7-3-8-15-27)23-28-16-11-19-30(20-28)39-29-17-9-4-10-18-29/h2-20,25H,21-24H2,1H3. The van der Waals surface area contributed by atoms with Crippen LogP contribution in [0.25, 0.3) is 0 Å². The molecule has 6 heteroatoms. The van der Waals surface area contributed by atoms with Crippen LogP contribution in [0.2, 0.25) is 0 Å². The number of para-hydroxylation sites is 1. The molecule has 6 nitrogen and oxygen atoms in total. The molecule has 0 aliphatic heterocycles. The van der Waals surface area contributed by atoms with E-state index in [0.717, 1.165) is 22.6 Å². The molecular formula is C33H31N3O3. The lowest BCUT2D eigenvalue weighted by Crippen LogP contribution is -2.26. The largest absolute Gasteiger partial charge is 0.457 e. The van der Waals surface area contributed by atoms with Gasteiger partial charge in [-0.25, -0.2) is 4.98 Å². The molecule has 0 fully saturated rings. The number of benzene rings is 4. The zero-order valence-corrected chi connectivity index (χ0v) is 21.9. The first-order valence-electron chi connectivity index (χ1n) is 12.9. The Morgan fingerprint density at radius 2 is 1.26 bits per heavy atom. The summed E-state index contributed by atoms with van der Waals surface area (Å²) in [6.45, 7) is 2.31. The third-order valence-electron chi connectivity index (χ3n) is 6.27. The topological polar surface area (TPSA) is 58.8 Å². The Bertz CT molecular complexity index is 1470. The number of rotatable bonds is 11. The fraction of sp³-hybridized carbons (Fsp3) is 0.152. The highest BCUT2D eigenvalue weighted by molar-refractivity contribution is 5.91. The normalized spacial score (nSPS) is 10.9. The van der Waals surface area contributed by atoms with Gasteiger partial charge in [0.15, 0.2) is 5.69 Å². The molecule has 196 valence electrons. The van der Waals surface area contributed by atoms with Gasteiger partial charge in [-0.1, -0.05) is 91.0 Å². The van der Waals surface area contributed by atoms with E-state index in [1.807, 2.05) is 97.1 Å². The van der Waals surface area contributed by atoms with Crippen molar-refractivity contribution in [1.29, 1.82) is 0 Å². The van der Waals surface area contributed by atoms with Crippen molar-refractivity contribution in [3.05, 3.63) is 150 Å². The SMILES string of the molecule is CN(Cc1ccccc1)C(=O)c1coc(CN(Cc2ccccc2)Cc2cccc(Oc3ccccc3)c2)n1. The molecular weight excluding hydrogens is 486 g/mol. The third-order valence-corrected chi connectivity index (χ3v) is 6.27. The minimum atomic E-state index is -0.172. The van der Waals surface area contributed by atoms with Crippen LogP contribution in [0.1, 0.15) is 33.1 Å². The Kier molecular flexibility index (Phi) is 8.46. The van der Waals surface area contributed by atoms with E-state index >= 15 is 0 Å². The van der Waals surface area contributed by atoms with Crippen LogP contribution in [0.5, 0.6) is 11.5 Å². The lowest BCUT2D eigenvalue weighted by atomic mass is 10.1. The number of amides is 1. The van der Waals surface area contributed by atoms with E-state index in [4.69, 9.17) is 9.15 Å². The molecule has 0 aliphatic rings. The molecule has 5 aromatic rings. The van der Waals surface area contributed by atoms with Gasteiger partial charge >= 0.3 is 0 Å². The zero-order chi connectivity index (χ0) is 26.9. The zero-order valence-electron chi connectivity index (χ0n) is 21.9. The van der Waals surface area contributed by atoms with Gasteiger partial charge in [-0.3, -0.25) is 9.69 Å². The second-order valence-electron chi connectivity index (χ2n) is 9.47. The van der Waals surface area contributed by atoms with E-state index in [0.29, 0.717) is 37.8 Å². The number of nitrogens with zero attached hydrogens (tertiary/aromatic N) is 3. The van der Waals surface area contributed by atoms with Crippen molar-refractivity contribution < 1.29 is 13.9 Å². The quantitative estimate of drug-likeness (QED) is 0.190. The van der Waals surface area contributed by atoms with Crippen LogP contribution in [0.15, 0.2) is 126 Å². The second-order valence-corrected chi connectivity index (χ2v) is 9.47. The smallest absolute Gasteiger partial charge is 0.275 e. The number of oxazole rings is 1. The molecule has 1 amide bonds. The Morgan fingerprint density at radius 3 is 1.95 bits per heavy atom. The number of ether oxygens (including phenoxy) is 1. The molecule has 4 aromatic carbocycles. The van der Waals surface area contributed by atoms with Crippen LogP contribution < -0.4 is 4.74 Å². The van der Waals surface area contributed by atoms with Gasteiger partial charge in [-0.15, -0.1) is 0 Å². The van der Waals surface area contributed by atoms with Crippen LogP contribution >= 0.6 is 0 Å². The van der Waals surface area contributed by atoms with Crippen LogP contribution in [-0.2, 0) is 26.2 Å². The summed E-state index contributed by atoms with van der Waals surface area (Å²) in [5.74, 6) is 1.90. The van der Waals surface area contributed by atoms with E-state index in [1.54, 1.807) is 11.9 Å². The average molecular weight is 518 g/mol. The highest BCUT2D eigenvalue weighted by atomic mass is 16.5. The minimum absolute atomic E-state index is 0.172. The average Bonchev–Trinajstić information content (AvgIpc) is 3.43. The summed E-state index contributed by atoms with van der Waals surface area (Å²) in [4.78, 5) is 21.4. The molecule has 0 saturated heterocycles. The van der Waals surface area contributed by atoms with E-state index in [1.165, 1.54) is 11.8 Å². The predicted octanol–water partition coefficient (Wildman–Crippen LogP) is 6.94. The molecule has 0 saturated carbocycles. The van der Waals surface area contributed by atoms with Crippen molar-refractivity contribution in [3.8, 4) is 11.5 Å². The van der Waals surface area contributed by atoms with Crippen molar-refractivity contribution in [2.75, 3.05) is 7.05 Å². The van der Waals surface area contributed by atoms with Gasteiger partial charge in [0.05, 0.1) is 6.54 Å². The van der Waals surface area contributed by atoms with Gasteiger partial charge in [0.25, 0.3) is 5.91 Å². The number of carbonyl (C=O) groups is 1. The number of hydrogen-bond acceptors (Lipinski definition) is 5. The Labute approximate surface area is 229 Å². The van der Waals surface area contributed by atoms with Crippen molar-refractivity contribution in [2.45, 2.75) is 26.2 Å². The lowest BCUT2D eigenvalue weighted by Gasteiger charge is -2.21. The minimum Gasteiger partial charge on any atom is -0.457 e. The maximum atomic E-state index is 13.0. The fourth-order valence-electron chi connectivity index (χ4n) is 4.40. The Morgan fingerprint density at radius 1 is 0.692 bits per heavy atom. The third kappa shape index (κ3) is 7.43. The predicted molar refractivity (Wildman–Crippen MR) is 151 cm³/mol. The van der Waals surface area contributed by atoms with E-state index < -0.39 is 0 Å². The van der Waals surface area contributed by atoms with Crippen molar-refractivity contribution in [3.63, 3.8) is 0 Å². The first kappa shape index (κ1) is 25.9. The van der Waals surface area contributed by atoms with E-state index in [-0.39, 0.29) is 5.91 Å². The summed E-state index contributed by atoms with van der Waals surface area (Å²) >= 11 is 0. The van der Waals surface area contributed by atoms with Crippen molar-refractivity contribution in [1.82, 2.24) is 14.8 Å². The first-order valence-corrected chi connectivity index (χ1v) is 12.9. The van der Waals surface area contributed by atoms with Crippen molar-refractivity contribution >= 4 is 5.91 Å². The summed E-state index contributed by atoms with van der Waals surface area (Å²) in [6, 6.07) is 38.0. The number of aromatic nitrogens is 1. The van der Waals surface area contributed by atoms with Crippen LogP contribution in [0.3, 0.4) is 0 Å². The molecule has 39 heavy (non-hydrogen) atoms. The monoisotopic (exact) mass is 517 g/mol. The van der Waals surface area contributed by atoms with Gasteiger partial charge < -0.3 is 14.1 Å². The summed E-state index contributed by atoms with van der Waals surface area (Å²) in [5.41, 5.74) is 3.65. The van der Waals surface area contributed by atoms with Gasteiger partial charge in [0, 0.05) is 26.7 Å². The van der Waals surface area contributed by atoms with Gasteiger partial charge in [-0.05, 0) is 41.0 Å². The molecule has 5 rings (SSSR count). The molecule has 0 bridgehead atoms. The molecule has 0 unspecified atom stereocenters. The van der Waals surface area contributed by atoms with Gasteiger partial charge in [0.1, 0.15) is 17.8 Å². The first-order chi connectivity index (χ1) is 19.1. The molecule has 0 aliphatic carbocycles. The Hall–Kier alpha value is -4.68. The van der Waals surface area contributed by atoms with Gasteiger partial charge in [0.2, 0.25) is 5.89 Å². The Balaban J connectivity index is 1.29. The maximum absolute atomic E-state index is 13.0. The number of hydrogen-bond donors (Lipinski definition) is 0. The molecule has 0 atom stereocenters. The molecule has 1 heterocycles. The molecule has 0 spiro atoms. The molecule has 0 radical (unpaired) electrons.